The SMILES string of the molecule is COc1ccc2ncc(Cl)c([C@H](F)CCc3c(F)cc(CCC[C@H](O)C4CCNCC4)cc3F)c2c1. The van der Waals surface area contributed by atoms with E-state index in [1.54, 1.807) is 18.2 Å². The average Bonchev–Trinajstić information content (AvgIpc) is 2.88. The van der Waals surface area contributed by atoms with Crippen LogP contribution in [0.15, 0.2) is 36.5 Å². The Kier molecular flexibility index (Phi) is 9.09. The number of fused-ring (bicyclic) bond motifs is 1. The summed E-state index contributed by atoms with van der Waals surface area (Å²) in [7, 11) is 1.51. The molecule has 0 radical (unpaired) electrons. The van der Waals surface area contributed by atoms with Crippen molar-refractivity contribution in [2.75, 3.05) is 20.2 Å². The zero-order valence-electron chi connectivity index (χ0n) is 20.4. The highest BCUT2D eigenvalue weighted by molar-refractivity contribution is 6.32. The van der Waals surface area contributed by atoms with Crippen LogP contribution in [-0.4, -0.2) is 36.4 Å². The monoisotopic (exact) mass is 520 g/mol. The number of hydrogen-bond acceptors (Lipinski definition) is 4. The fourth-order valence-corrected chi connectivity index (χ4v) is 5.32. The van der Waals surface area contributed by atoms with Gasteiger partial charge in [-0.25, -0.2) is 13.2 Å². The van der Waals surface area contributed by atoms with Crippen LogP contribution in [0.4, 0.5) is 13.2 Å². The van der Waals surface area contributed by atoms with E-state index in [9.17, 15) is 13.9 Å². The lowest BCUT2D eigenvalue weighted by Gasteiger charge is -2.27. The Bertz CT molecular complexity index is 1160. The zero-order chi connectivity index (χ0) is 25.7. The van der Waals surface area contributed by atoms with Crippen LogP contribution in [0.2, 0.25) is 5.02 Å². The van der Waals surface area contributed by atoms with E-state index in [1.807, 2.05) is 0 Å². The summed E-state index contributed by atoms with van der Waals surface area (Å²) in [5, 5.41) is 14.4. The highest BCUT2D eigenvalue weighted by atomic mass is 35.5. The number of hydrogen-bond donors (Lipinski definition) is 2. The first kappa shape index (κ1) is 26.7. The molecule has 2 heterocycles. The molecule has 0 aliphatic carbocycles. The second kappa shape index (κ2) is 12.3. The molecular formula is C28H32ClF3N2O2. The summed E-state index contributed by atoms with van der Waals surface area (Å²) in [6.07, 6.45) is 2.83. The Hall–Kier alpha value is -2.35. The summed E-state index contributed by atoms with van der Waals surface area (Å²) >= 11 is 6.27. The molecule has 194 valence electrons. The highest BCUT2D eigenvalue weighted by Gasteiger charge is 2.22. The molecule has 1 aromatic heterocycles. The van der Waals surface area contributed by atoms with Crippen molar-refractivity contribution in [2.45, 2.75) is 57.2 Å². The predicted octanol–water partition coefficient (Wildman–Crippen LogP) is 6.50. The lowest BCUT2D eigenvalue weighted by molar-refractivity contribution is 0.0793. The van der Waals surface area contributed by atoms with Gasteiger partial charge < -0.3 is 15.2 Å². The fourth-order valence-electron chi connectivity index (χ4n) is 5.05. The van der Waals surface area contributed by atoms with Crippen LogP contribution in [0.25, 0.3) is 10.9 Å². The molecule has 1 aliphatic heterocycles. The number of aromatic nitrogens is 1. The van der Waals surface area contributed by atoms with Crippen molar-refractivity contribution in [3.8, 4) is 5.75 Å². The molecule has 0 unspecified atom stereocenters. The second-order valence-electron chi connectivity index (χ2n) is 9.49. The van der Waals surface area contributed by atoms with Crippen molar-refractivity contribution in [2.24, 2.45) is 5.92 Å². The number of pyridine rings is 1. The second-order valence-corrected chi connectivity index (χ2v) is 9.90. The van der Waals surface area contributed by atoms with Gasteiger partial charge in [0, 0.05) is 22.7 Å². The van der Waals surface area contributed by atoms with Crippen LogP contribution in [0.3, 0.4) is 0 Å². The Labute approximate surface area is 214 Å². The molecule has 0 spiro atoms. The van der Waals surface area contributed by atoms with Gasteiger partial charge in [0.15, 0.2) is 0 Å². The molecule has 1 fully saturated rings. The number of alkyl halides is 1. The summed E-state index contributed by atoms with van der Waals surface area (Å²) in [6.45, 7) is 1.83. The van der Waals surface area contributed by atoms with Gasteiger partial charge in [-0.05, 0) is 99.8 Å². The van der Waals surface area contributed by atoms with E-state index in [-0.39, 0.29) is 34.9 Å². The summed E-state index contributed by atoms with van der Waals surface area (Å²) in [4.78, 5) is 4.22. The fraction of sp³-hybridized carbons (Fsp3) is 0.464. The largest absolute Gasteiger partial charge is 0.497 e. The first-order valence-electron chi connectivity index (χ1n) is 12.5. The zero-order valence-corrected chi connectivity index (χ0v) is 21.1. The van der Waals surface area contributed by atoms with Crippen molar-refractivity contribution in [3.05, 3.63) is 69.9 Å². The normalized spacial score (nSPS) is 16.3. The number of methoxy groups -OCH3 is 1. The molecule has 36 heavy (non-hydrogen) atoms. The molecule has 2 atom stereocenters. The number of halogens is 4. The Morgan fingerprint density at radius 1 is 1.11 bits per heavy atom. The Morgan fingerprint density at radius 2 is 1.83 bits per heavy atom. The molecule has 8 heteroatoms. The van der Waals surface area contributed by atoms with Gasteiger partial charge in [0.25, 0.3) is 0 Å². The maximum Gasteiger partial charge on any atom is 0.129 e. The number of piperidine rings is 1. The van der Waals surface area contributed by atoms with Crippen LogP contribution >= 0.6 is 11.6 Å². The van der Waals surface area contributed by atoms with Crippen LogP contribution in [0.5, 0.6) is 5.75 Å². The topological polar surface area (TPSA) is 54.4 Å². The summed E-state index contributed by atoms with van der Waals surface area (Å²) < 4.78 is 50.2. The van der Waals surface area contributed by atoms with E-state index >= 15 is 4.39 Å². The molecule has 0 bridgehead atoms. The van der Waals surface area contributed by atoms with Gasteiger partial charge in [0.05, 0.1) is 23.8 Å². The first-order valence-corrected chi connectivity index (χ1v) is 12.9. The van der Waals surface area contributed by atoms with Crippen LogP contribution in [0, 0.1) is 17.6 Å². The maximum absolute atomic E-state index is 15.4. The molecule has 0 amide bonds. The Balaban J connectivity index is 1.39. The molecule has 3 aromatic rings. The van der Waals surface area contributed by atoms with Gasteiger partial charge in [0.1, 0.15) is 23.6 Å². The van der Waals surface area contributed by atoms with Crippen molar-refractivity contribution in [1.29, 1.82) is 0 Å². The number of nitrogens with one attached hydrogen (secondary N) is 1. The number of nitrogens with zero attached hydrogens (tertiary/aromatic N) is 1. The van der Waals surface area contributed by atoms with E-state index in [1.165, 1.54) is 25.4 Å². The van der Waals surface area contributed by atoms with E-state index in [0.717, 1.165) is 25.9 Å². The number of ether oxygens (including phenoxy) is 1. The van der Waals surface area contributed by atoms with Gasteiger partial charge in [-0.1, -0.05) is 11.6 Å². The van der Waals surface area contributed by atoms with E-state index in [2.05, 4.69) is 10.3 Å². The predicted molar refractivity (Wildman–Crippen MR) is 136 cm³/mol. The average molecular weight is 521 g/mol. The standard InChI is InChI=1S/C28H32ClF3N2O2/c1-36-19-5-8-26-21(15-19)28(22(29)16-34-26)23(30)7-6-20-24(31)13-17(14-25(20)32)3-2-4-27(35)18-9-11-33-12-10-18/h5,8,13-16,18,23,27,33,35H,2-4,6-7,9-12H2,1H3/t23-,27+/m1/s1. The van der Waals surface area contributed by atoms with E-state index < -0.39 is 23.9 Å². The number of benzene rings is 2. The van der Waals surface area contributed by atoms with E-state index in [0.29, 0.717) is 41.5 Å². The van der Waals surface area contributed by atoms with Crippen molar-refractivity contribution in [3.63, 3.8) is 0 Å². The minimum absolute atomic E-state index is 0.113. The quantitative estimate of drug-likeness (QED) is 0.320. The molecule has 0 saturated carbocycles. The summed E-state index contributed by atoms with van der Waals surface area (Å²) in [5.74, 6) is -0.536. The summed E-state index contributed by atoms with van der Waals surface area (Å²) in [5.41, 5.74) is 1.21. The summed E-state index contributed by atoms with van der Waals surface area (Å²) in [6, 6.07) is 7.74. The van der Waals surface area contributed by atoms with Crippen LogP contribution in [-0.2, 0) is 12.8 Å². The molecular weight excluding hydrogens is 489 g/mol. The van der Waals surface area contributed by atoms with Gasteiger partial charge in [0.2, 0.25) is 0 Å². The molecule has 2 aromatic carbocycles. The first-order chi connectivity index (χ1) is 17.4. The van der Waals surface area contributed by atoms with Crippen molar-refractivity contribution in [1.82, 2.24) is 10.3 Å². The molecule has 2 N–H and O–H groups in total. The number of aliphatic hydroxyl groups excluding tert-OH is 1. The molecule has 1 aliphatic rings. The van der Waals surface area contributed by atoms with Crippen molar-refractivity contribution >= 4 is 22.5 Å². The van der Waals surface area contributed by atoms with E-state index in [4.69, 9.17) is 16.3 Å². The number of rotatable bonds is 10. The number of aliphatic hydroxyl groups is 1. The minimum atomic E-state index is -1.54. The minimum Gasteiger partial charge on any atom is -0.497 e. The molecule has 1 saturated heterocycles. The van der Waals surface area contributed by atoms with Crippen LogP contribution < -0.4 is 10.1 Å². The lowest BCUT2D eigenvalue weighted by Crippen LogP contribution is -2.34. The van der Waals surface area contributed by atoms with Gasteiger partial charge in [-0.15, -0.1) is 0 Å². The lowest BCUT2D eigenvalue weighted by atomic mass is 9.89. The van der Waals surface area contributed by atoms with Crippen molar-refractivity contribution < 1.29 is 23.0 Å². The van der Waals surface area contributed by atoms with Gasteiger partial charge >= 0.3 is 0 Å². The molecule has 4 rings (SSSR count). The Morgan fingerprint density at radius 3 is 2.53 bits per heavy atom. The van der Waals surface area contributed by atoms with Gasteiger partial charge in [-0.3, -0.25) is 4.98 Å². The number of aryl methyl sites for hydroxylation is 1. The smallest absolute Gasteiger partial charge is 0.129 e. The highest BCUT2D eigenvalue weighted by Crippen LogP contribution is 2.36. The third-order valence-corrected chi connectivity index (χ3v) is 7.42. The van der Waals surface area contributed by atoms with Crippen LogP contribution in [0.1, 0.15) is 55.0 Å². The maximum atomic E-state index is 15.4. The molecule has 4 nitrogen and oxygen atoms in total. The van der Waals surface area contributed by atoms with Gasteiger partial charge in [-0.2, -0.15) is 0 Å². The third kappa shape index (κ3) is 6.31. The third-order valence-electron chi connectivity index (χ3n) is 7.12.